The van der Waals surface area contributed by atoms with Crippen molar-refractivity contribution < 1.29 is 5.11 Å². The van der Waals surface area contributed by atoms with Gasteiger partial charge in [0.15, 0.2) is 0 Å². The molecular formula is C13H16Cl2O. The largest absolute Gasteiger partial charge is 0.388 e. The third kappa shape index (κ3) is 2.71. The first-order valence-electron chi connectivity index (χ1n) is 5.80. The van der Waals surface area contributed by atoms with E-state index in [9.17, 15) is 5.11 Å². The summed E-state index contributed by atoms with van der Waals surface area (Å²) in [6, 6.07) is 5.36. The Hall–Kier alpha value is -0.240. The zero-order valence-electron chi connectivity index (χ0n) is 9.13. The standard InChI is InChI=1S/C13H16Cl2O/c14-10-6-3-7-11(15)13(10)12(16)8-9-4-1-2-5-9/h3,6-7,9,12,16H,1-2,4-5,8H2. The summed E-state index contributed by atoms with van der Waals surface area (Å²) in [5, 5.41) is 11.3. The van der Waals surface area contributed by atoms with Gasteiger partial charge in [-0.2, -0.15) is 0 Å². The lowest BCUT2D eigenvalue weighted by Crippen LogP contribution is -2.05. The van der Waals surface area contributed by atoms with Gasteiger partial charge in [-0.3, -0.25) is 0 Å². The Morgan fingerprint density at radius 3 is 2.31 bits per heavy atom. The minimum atomic E-state index is -0.524. The Kier molecular flexibility index (Phi) is 4.12. The van der Waals surface area contributed by atoms with Gasteiger partial charge in [0.2, 0.25) is 0 Å². The second-order valence-corrected chi connectivity index (χ2v) is 5.35. The molecule has 88 valence electrons. The maximum absolute atomic E-state index is 10.2. The first kappa shape index (κ1) is 12.2. The van der Waals surface area contributed by atoms with E-state index in [1.54, 1.807) is 18.2 Å². The van der Waals surface area contributed by atoms with Crippen molar-refractivity contribution in [3.63, 3.8) is 0 Å². The number of rotatable bonds is 3. The molecule has 1 nitrogen and oxygen atoms in total. The van der Waals surface area contributed by atoms with Gasteiger partial charge in [0.25, 0.3) is 0 Å². The van der Waals surface area contributed by atoms with Gasteiger partial charge in [-0.15, -0.1) is 0 Å². The maximum Gasteiger partial charge on any atom is 0.0821 e. The van der Waals surface area contributed by atoms with Crippen molar-refractivity contribution in [1.82, 2.24) is 0 Å². The summed E-state index contributed by atoms with van der Waals surface area (Å²) < 4.78 is 0. The molecule has 0 aliphatic heterocycles. The van der Waals surface area contributed by atoms with Gasteiger partial charge in [-0.25, -0.2) is 0 Å². The number of hydrogen-bond donors (Lipinski definition) is 1. The van der Waals surface area contributed by atoms with E-state index in [1.807, 2.05) is 0 Å². The van der Waals surface area contributed by atoms with Crippen molar-refractivity contribution in [3.05, 3.63) is 33.8 Å². The molecule has 0 bridgehead atoms. The van der Waals surface area contributed by atoms with E-state index in [0.717, 1.165) is 6.42 Å². The summed E-state index contributed by atoms with van der Waals surface area (Å²) in [6.07, 6.45) is 5.27. The molecular weight excluding hydrogens is 243 g/mol. The van der Waals surface area contributed by atoms with E-state index >= 15 is 0 Å². The zero-order valence-corrected chi connectivity index (χ0v) is 10.6. The molecule has 1 aromatic rings. The second kappa shape index (κ2) is 5.39. The van der Waals surface area contributed by atoms with Crippen LogP contribution in [0.25, 0.3) is 0 Å². The molecule has 1 unspecified atom stereocenters. The molecule has 3 heteroatoms. The molecule has 0 heterocycles. The minimum absolute atomic E-state index is 0.524. The fraction of sp³-hybridized carbons (Fsp3) is 0.538. The normalized spacial score (nSPS) is 18.9. The van der Waals surface area contributed by atoms with Crippen LogP contribution >= 0.6 is 23.2 Å². The SMILES string of the molecule is OC(CC1CCCC1)c1c(Cl)cccc1Cl. The number of benzene rings is 1. The van der Waals surface area contributed by atoms with Crippen molar-refractivity contribution in [3.8, 4) is 0 Å². The van der Waals surface area contributed by atoms with Gasteiger partial charge in [0.1, 0.15) is 0 Å². The highest BCUT2D eigenvalue weighted by molar-refractivity contribution is 6.36. The van der Waals surface area contributed by atoms with E-state index in [-0.39, 0.29) is 0 Å². The van der Waals surface area contributed by atoms with Crippen LogP contribution in [0.15, 0.2) is 18.2 Å². The molecule has 16 heavy (non-hydrogen) atoms. The van der Waals surface area contributed by atoms with Crippen molar-refractivity contribution in [2.75, 3.05) is 0 Å². The average Bonchev–Trinajstić information content (AvgIpc) is 2.70. The highest BCUT2D eigenvalue weighted by Gasteiger charge is 2.22. The monoisotopic (exact) mass is 258 g/mol. The smallest absolute Gasteiger partial charge is 0.0821 e. The first-order chi connectivity index (χ1) is 7.68. The predicted molar refractivity (Wildman–Crippen MR) is 68.0 cm³/mol. The molecule has 0 aromatic heterocycles. The zero-order chi connectivity index (χ0) is 11.5. The van der Waals surface area contributed by atoms with Crippen LogP contribution in [-0.2, 0) is 0 Å². The Morgan fingerprint density at radius 2 is 1.75 bits per heavy atom. The number of aliphatic hydroxyl groups excluding tert-OH is 1. The molecule has 1 aromatic carbocycles. The van der Waals surface area contributed by atoms with Crippen LogP contribution < -0.4 is 0 Å². The summed E-state index contributed by atoms with van der Waals surface area (Å²) in [5.41, 5.74) is 0.692. The lowest BCUT2D eigenvalue weighted by Gasteiger charge is -2.17. The van der Waals surface area contributed by atoms with Crippen LogP contribution in [0.4, 0.5) is 0 Å². The molecule has 0 spiro atoms. The number of hydrogen-bond acceptors (Lipinski definition) is 1. The third-order valence-electron chi connectivity index (χ3n) is 3.36. The topological polar surface area (TPSA) is 20.2 Å². The van der Waals surface area contributed by atoms with Gasteiger partial charge < -0.3 is 5.11 Å². The van der Waals surface area contributed by atoms with Gasteiger partial charge >= 0.3 is 0 Å². The minimum Gasteiger partial charge on any atom is -0.388 e. The first-order valence-corrected chi connectivity index (χ1v) is 6.56. The molecule has 2 rings (SSSR count). The van der Waals surface area contributed by atoms with E-state index < -0.39 is 6.10 Å². The molecule has 1 fully saturated rings. The molecule has 1 atom stereocenters. The van der Waals surface area contributed by atoms with Crippen molar-refractivity contribution in [1.29, 1.82) is 0 Å². The van der Waals surface area contributed by atoms with Gasteiger partial charge in [-0.1, -0.05) is 55.0 Å². The average molecular weight is 259 g/mol. The Morgan fingerprint density at radius 1 is 1.19 bits per heavy atom. The molecule has 1 N–H and O–H groups in total. The van der Waals surface area contributed by atoms with Crippen LogP contribution in [0.3, 0.4) is 0 Å². The van der Waals surface area contributed by atoms with Crippen molar-refractivity contribution >= 4 is 23.2 Å². The highest BCUT2D eigenvalue weighted by atomic mass is 35.5. The molecule has 0 saturated heterocycles. The van der Waals surface area contributed by atoms with Crippen LogP contribution in [0, 0.1) is 5.92 Å². The summed E-state index contributed by atoms with van der Waals surface area (Å²) in [7, 11) is 0. The third-order valence-corrected chi connectivity index (χ3v) is 4.02. The lowest BCUT2D eigenvalue weighted by molar-refractivity contribution is 0.145. The van der Waals surface area contributed by atoms with E-state index in [2.05, 4.69) is 0 Å². The van der Waals surface area contributed by atoms with E-state index in [4.69, 9.17) is 23.2 Å². The Labute approximate surface area is 106 Å². The fourth-order valence-electron chi connectivity index (χ4n) is 2.51. The predicted octanol–water partition coefficient (Wildman–Crippen LogP) is 4.61. The lowest BCUT2D eigenvalue weighted by atomic mass is 9.95. The van der Waals surface area contributed by atoms with Crippen LogP contribution in [0.2, 0.25) is 10.0 Å². The molecule has 1 aliphatic carbocycles. The summed E-state index contributed by atoms with van der Waals surface area (Å²) in [4.78, 5) is 0. The van der Waals surface area contributed by atoms with E-state index in [1.165, 1.54) is 25.7 Å². The molecule has 1 saturated carbocycles. The van der Waals surface area contributed by atoms with Gasteiger partial charge in [0, 0.05) is 15.6 Å². The van der Waals surface area contributed by atoms with E-state index in [0.29, 0.717) is 21.5 Å². The van der Waals surface area contributed by atoms with Crippen molar-refractivity contribution in [2.24, 2.45) is 5.92 Å². The second-order valence-electron chi connectivity index (χ2n) is 4.54. The van der Waals surface area contributed by atoms with Gasteiger partial charge in [0.05, 0.1) is 6.10 Å². The molecule has 0 radical (unpaired) electrons. The quantitative estimate of drug-likeness (QED) is 0.840. The summed E-state index contributed by atoms with van der Waals surface area (Å²) in [5.74, 6) is 0.627. The fourth-order valence-corrected chi connectivity index (χ4v) is 3.16. The Bertz CT molecular complexity index is 339. The molecule has 1 aliphatic rings. The highest BCUT2D eigenvalue weighted by Crippen LogP contribution is 2.37. The Balaban J connectivity index is 2.10. The van der Waals surface area contributed by atoms with Crippen LogP contribution in [0.1, 0.15) is 43.8 Å². The number of aliphatic hydroxyl groups is 1. The summed E-state index contributed by atoms with van der Waals surface area (Å²) in [6.45, 7) is 0. The van der Waals surface area contributed by atoms with Gasteiger partial charge in [-0.05, 0) is 24.5 Å². The summed E-state index contributed by atoms with van der Waals surface area (Å²) >= 11 is 12.1. The van der Waals surface area contributed by atoms with Crippen LogP contribution in [0.5, 0.6) is 0 Å². The van der Waals surface area contributed by atoms with Crippen molar-refractivity contribution in [2.45, 2.75) is 38.2 Å². The van der Waals surface area contributed by atoms with Crippen LogP contribution in [-0.4, -0.2) is 5.11 Å². The molecule has 0 amide bonds. The number of halogens is 2. The maximum atomic E-state index is 10.2.